The van der Waals surface area contributed by atoms with E-state index in [4.69, 9.17) is 5.73 Å². The SMILES string of the molecule is Nc1cc(NCCCN2CCCC2)ncn1. The largest absolute Gasteiger partial charge is 0.384 e. The summed E-state index contributed by atoms with van der Waals surface area (Å²) in [5, 5.41) is 3.25. The Morgan fingerprint density at radius 2 is 2.12 bits per heavy atom. The van der Waals surface area contributed by atoms with Crippen LogP contribution in [0.1, 0.15) is 19.3 Å². The van der Waals surface area contributed by atoms with Crippen molar-refractivity contribution in [2.45, 2.75) is 19.3 Å². The Morgan fingerprint density at radius 1 is 1.31 bits per heavy atom. The quantitative estimate of drug-likeness (QED) is 0.725. The minimum atomic E-state index is 0.511. The Morgan fingerprint density at radius 3 is 2.88 bits per heavy atom. The van der Waals surface area contributed by atoms with Crippen LogP contribution in [-0.4, -0.2) is 41.0 Å². The average molecular weight is 221 g/mol. The van der Waals surface area contributed by atoms with E-state index in [0.717, 1.165) is 18.8 Å². The van der Waals surface area contributed by atoms with Crippen molar-refractivity contribution in [3.05, 3.63) is 12.4 Å². The molecule has 0 aliphatic carbocycles. The summed E-state index contributed by atoms with van der Waals surface area (Å²) in [5.41, 5.74) is 5.56. The topological polar surface area (TPSA) is 67.1 Å². The minimum Gasteiger partial charge on any atom is -0.384 e. The zero-order valence-corrected chi connectivity index (χ0v) is 9.52. The fourth-order valence-electron chi connectivity index (χ4n) is 1.99. The summed E-state index contributed by atoms with van der Waals surface area (Å²) in [6.07, 6.45) is 5.34. The minimum absolute atomic E-state index is 0.511. The highest BCUT2D eigenvalue weighted by molar-refractivity contribution is 5.42. The smallest absolute Gasteiger partial charge is 0.131 e. The van der Waals surface area contributed by atoms with Gasteiger partial charge in [-0.15, -0.1) is 0 Å². The molecule has 1 aromatic heterocycles. The van der Waals surface area contributed by atoms with Gasteiger partial charge in [0.15, 0.2) is 0 Å². The first-order chi connectivity index (χ1) is 7.84. The molecule has 0 radical (unpaired) electrons. The van der Waals surface area contributed by atoms with E-state index in [2.05, 4.69) is 20.2 Å². The van der Waals surface area contributed by atoms with Gasteiger partial charge in [-0.25, -0.2) is 9.97 Å². The van der Waals surface area contributed by atoms with Crippen molar-refractivity contribution < 1.29 is 0 Å². The summed E-state index contributed by atoms with van der Waals surface area (Å²) in [7, 11) is 0. The molecule has 88 valence electrons. The van der Waals surface area contributed by atoms with E-state index in [1.165, 1.54) is 38.8 Å². The second-order valence-corrected chi connectivity index (χ2v) is 4.16. The van der Waals surface area contributed by atoms with Gasteiger partial charge in [0.1, 0.15) is 18.0 Å². The van der Waals surface area contributed by atoms with Crippen LogP contribution < -0.4 is 11.1 Å². The average Bonchev–Trinajstić information content (AvgIpc) is 2.77. The second kappa shape index (κ2) is 5.65. The molecule has 16 heavy (non-hydrogen) atoms. The first kappa shape index (κ1) is 11.1. The molecule has 0 amide bonds. The van der Waals surface area contributed by atoms with Gasteiger partial charge in [0.25, 0.3) is 0 Å². The van der Waals surface area contributed by atoms with Gasteiger partial charge in [-0.3, -0.25) is 0 Å². The summed E-state index contributed by atoms with van der Waals surface area (Å²) in [6, 6.07) is 1.76. The van der Waals surface area contributed by atoms with Crippen LogP contribution in [-0.2, 0) is 0 Å². The molecule has 3 N–H and O–H groups in total. The molecular formula is C11H19N5. The van der Waals surface area contributed by atoms with E-state index >= 15 is 0 Å². The van der Waals surface area contributed by atoms with E-state index in [1.807, 2.05) is 0 Å². The monoisotopic (exact) mass is 221 g/mol. The maximum atomic E-state index is 5.56. The Labute approximate surface area is 96.1 Å². The Balaban J connectivity index is 1.64. The number of aromatic nitrogens is 2. The third kappa shape index (κ3) is 3.34. The fourth-order valence-corrected chi connectivity index (χ4v) is 1.99. The lowest BCUT2D eigenvalue weighted by Crippen LogP contribution is -2.22. The molecule has 2 heterocycles. The number of nitrogens with one attached hydrogen (secondary N) is 1. The number of nitrogen functional groups attached to an aromatic ring is 1. The molecular weight excluding hydrogens is 202 g/mol. The third-order valence-corrected chi connectivity index (χ3v) is 2.84. The summed E-state index contributed by atoms with van der Waals surface area (Å²) in [6.45, 7) is 4.64. The van der Waals surface area contributed by atoms with Crippen LogP contribution in [0.25, 0.3) is 0 Å². The molecule has 0 aromatic carbocycles. The normalized spacial score (nSPS) is 16.5. The number of hydrogen-bond acceptors (Lipinski definition) is 5. The molecule has 1 saturated heterocycles. The van der Waals surface area contributed by atoms with Crippen LogP contribution in [0.4, 0.5) is 11.6 Å². The maximum absolute atomic E-state index is 5.56. The second-order valence-electron chi connectivity index (χ2n) is 4.16. The van der Waals surface area contributed by atoms with Crippen molar-refractivity contribution in [1.29, 1.82) is 0 Å². The van der Waals surface area contributed by atoms with Gasteiger partial charge >= 0.3 is 0 Å². The standard InChI is InChI=1S/C11H19N5/c12-10-8-11(15-9-14-10)13-4-3-7-16-5-1-2-6-16/h8-9H,1-7H2,(H3,12,13,14,15). The van der Waals surface area contributed by atoms with Crippen LogP contribution in [0.15, 0.2) is 12.4 Å². The van der Waals surface area contributed by atoms with E-state index in [1.54, 1.807) is 6.07 Å². The summed E-state index contributed by atoms with van der Waals surface area (Å²) >= 11 is 0. The molecule has 0 atom stereocenters. The number of rotatable bonds is 5. The first-order valence-electron chi connectivity index (χ1n) is 5.88. The fraction of sp³-hybridized carbons (Fsp3) is 0.636. The Kier molecular flexibility index (Phi) is 3.93. The van der Waals surface area contributed by atoms with Crippen molar-refractivity contribution in [1.82, 2.24) is 14.9 Å². The molecule has 0 unspecified atom stereocenters. The molecule has 5 heteroatoms. The van der Waals surface area contributed by atoms with Crippen LogP contribution in [0.3, 0.4) is 0 Å². The van der Waals surface area contributed by atoms with Gasteiger partial charge in [0.05, 0.1) is 0 Å². The molecule has 1 aliphatic heterocycles. The van der Waals surface area contributed by atoms with Gasteiger partial charge in [-0.2, -0.15) is 0 Å². The zero-order chi connectivity index (χ0) is 11.2. The number of nitrogens with zero attached hydrogens (tertiary/aromatic N) is 3. The van der Waals surface area contributed by atoms with Crippen LogP contribution in [0.2, 0.25) is 0 Å². The number of hydrogen-bond donors (Lipinski definition) is 2. The lowest BCUT2D eigenvalue weighted by molar-refractivity contribution is 0.337. The van der Waals surface area contributed by atoms with Crippen LogP contribution in [0.5, 0.6) is 0 Å². The van der Waals surface area contributed by atoms with Gasteiger partial charge in [0, 0.05) is 12.6 Å². The molecule has 1 aliphatic rings. The first-order valence-corrected chi connectivity index (χ1v) is 5.88. The highest BCUT2D eigenvalue weighted by Gasteiger charge is 2.09. The lowest BCUT2D eigenvalue weighted by Gasteiger charge is -2.14. The Bertz CT molecular complexity index is 322. The molecule has 0 spiro atoms. The molecule has 0 saturated carbocycles. The maximum Gasteiger partial charge on any atom is 0.131 e. The Hall–Kier alpha value is -1.36. The predicted octanol–water partition coefficient (Wildman–Crippen LogP) is 0.957. The molecule has 1 fully saturated rings. The van der Waals surface area contributed by atoms with E-state index in [0.29, 0.717) is 5.82 Å². The van der Waals surface area contributed by atoms with Gasteiger partial charge < -0.3 is 16.0 Å². The third-order valence-electron chi connectivity index (χ3n) is 2.84. The van der Waals surface area contributed by atoms with Gasteiger partial charge in [-0.1, -0.05) is 0 Å². The molecule has 0 bridgehead atoms. The lowest BCUT2D eigenvalue weighted by atomic mass is 10.4. The summed E-state index contributed by atoms with van der Waals surface area (Å²) in [4.78, 5) is 10.5. The predicted molar refractivity (Wildman–Crippen MR) is 65.2 cm³/mol. The van der Waals surface area contributed by atoms with E-state index < -0.39 is 0 Å². The van der Waals surface area contributed by atoms with Crippen molar-refractivity contribution in [2.75, 3.05) is 37.2 Å². The highest BCUT2D eigenvalue weighted by atomic mass is 15.1. The van der Waals surface area contributed by atoms with Crippen molar-refractivity contribution in [2.24, 2.45) is 0 Å². The van der Waals surface area contributed by atoms with Crippen molar-refractivity contribution in [3.8, 4) is 0 Å². The zero-order valence-electron chi connectivity index (χ0n) is 9.52. The van der Waals surface area contributed by atoms with E-state index in [9.17, 15) is 0 Å². The van der Waals surface area contributed by atoms with E-state index in [-0.39, 0.29) is 0 Å². The highest BCUT2D eigenvalue weighted by Crippen LogP contribution is 2.08. The number of likely N-dealkylation sites (tertiary alicyclic amines) is 1. The van der Waals surface area contributed by atoms with Gasteiger partial charge in [-0.05, 0) is 38.9 Å². The molecule has 2 rings (SSSR count). The van der Waals surface area contributed by atoms with Crippen molar-refractivity contribution in [3.63, 3.8) is 0 Å². The van der Waals surface area contributed by atoms with Crippen LogP contribution in [0, 0.1) is 0 Å². The number of nitrogens with two attached hydrogens (primary N) is 1. The van der Waals surface area contributed by atoms with Crippen molar-refractivity contribution >= 4 is 11.6 Å². The van der Waals surface area contributed by atoms with Gasteiger partial charge in [0.2, 0.25) is 0 Å². The molecule has 1 aromatic rings. The summed E-state index contributed by atoms with van der Waals surface area (Å²) in [5.74, 6) is 1.32. The van der Waals surface area contributed by atoms with Crippen LogP contribution >= 0.6 is 0 Å². The molecule has 5 nitrogen and oxygen atoms in total. The summed E-state index contributed by atoms with van der Waals surface area (Å²) < 4.78 is 0. The number of anilines is 2.